The first-order valence-electron chi connectivity index (χ1n) is 6.64. The minimum atomic E-state index is -1.63. The van der Waals surface area contributed by atoms with Crippen LogP contribution in [0.25, 0.3) is 0 Å². The van der Waals surface area contributed by atoms with Crippen molar-refractivity contribution in [1.29, 1.82) is 0 Å². The van der Waals surface area contributed by atoms with Gasteiger partial charge in [0.2, 0.25) is 5.91 Å². The summed E-state index contributed by atoms with van der Waals surface area (Å²) in [6.07, 6.45) is 1.83. The second-order valence-electron chi connectivity index (χ2n) is 4.98. The molecule has 1 aromatic carbocycles. The van der Waals surface area contributed by atoms with Gasteiger partial charge in [0.1, 0.15) is 6.04 Å². The molecule has 1 aliphatic heterocycles. The Kier molecular flexibility index (Phi) is 4.50. The fourth-order valence-corrected chi connectivity index (χ4v) is 2.24. The van der Waals surface area contributed by atoms with Crippen molar-refractivity contribution in [1.82, 2.24) is 10.2 Å². The van der Waals surface area contributed by atoms with E-state index < -0.39 is 29.4 Å². The highest BCUT2D eigenvalue weighted by Crippen LogP contribution is 2.14. The number of carbonyl (C=O) groups is 2. The number of likely N-dealkylation sites (tertiary alicyclic amines) is 1. The maximum atomic E-state index is 13.1. The Morgan fingerprint density at radius 3 is 2.19 bits per heavy atom. The number of hydrogen-bond acceptors (Lipinski definition) is 2. The Balaban J connectivity index is 2.05. The van der Waals surface area contributed by atoms with Gasteiger partial charge >= 0.3 is 0 Å². The van der Waals surface area contributed by atoms with Gasteiger partial charge in [-0.2, -0.15) is 0 Å². The highest BCUT2D eigenvalue weighted by atomic mass is 19.2. The van der Waals surface area contributed by atoms with Crippen LogP contribution in [-0.2, 0) is 4.79 Å². The van der Waals surface area contributed by atoms with Crippen LogP contribution < -0.4 is 5.32 Å². The van der Waals surface area contributed by atoms with E-state index in [1.54, 1.807) is 4.90 Å². The maximum Gasteiger partial charge on any atom is 0.252 e. The molecule has 7 heteroatoms. The molecule has 4 nitrogen and oxygen atoms in total. The highest BCUT2D eigenvalue weighted by Gasteiger charge is 2.25. The van der Waals surface area contributed by atoms with E-state index >= 15 is 0 Å². The van der Waals surface area contributed by atoms with Crippen molar-refractivity contribution >= 4 is 11.8 Å². The van der Waals surface area contributed by atoms with Gasteiger partial charge in [0, 0.05) is 18.7 Å². The molecule has 1 aromatic rings. The number of nitrogens with one attached hydrogen (secondary N) is 1. The second-order valence-corrected chi connectivity index (χ2v) is 4.98. The van der Waals surface area contributed by atoms with Crippen LogP contribution in [0.15, 0.2) is 12.1 Å². The topological polar surface area (TPSA) is 49.4 Å². The van der Waals surface area contributed by atoms with Gasteiger partial charge in [-0.15, -0.1) is 0 Å². The lowest BCUT2D eigenvalue weighted by Crippen LogP contribution is -2.46. The average Bonchev–Trinajstić information content (AvgIpc) is 2.97. The molecule has 2 rings (SSSR count). The predicted molar refractivity (Wildman–Crippen MR) is 69.1 cm³/mol. The van der Waals surface area contributed by atoms with E-state index in [-0.39, 0.29) is 11.5 Å². The van der Waals surface area contributed by atoms with Crippen molar-refractivity contribution in [2.75, 3.05) is 13.1 Å². The normalized spacial score (nSPS) is 15.9. The summed E-state index contributed by atoms with van der Waals surface area (Å²) in [5, 5.41) is 2.36. The lowest BCUT2D eigenvalue weighted by molar-refractivity contribution is -0.131. The number of hydrogen-bond donors (Lipinski definition) is 1. The number of carbonyl (C=O) groups excluding carboxylic acids is 2. The number of amides is 2. The zero-order valence-electron chi connectivity index (χ0n) is 11.5. The molecule has 0 aromatic heterocycles. The van der Waals surface area contributed by atoms with Gasteiger partial charge in [0.15, 0.2) is 17.5 Å². The van der Waals surface area contributed by atoms with Gasteiger partial charge in [0.25, 0.3) is 5.91 Å². The zero-order chi connectivity index (χ0) is 15.6. The summed E-state index contributed by atoms with van der Waals surface area (Å²) in [6, 6.07) is 0.383. The third kappa shape index (κ3) is 3.34. The van der Waals surface area contributed by atoms with Crippen LogP contribution in [0.5, 0.6) is 0 Å². The van der Waals surface area contributed by atoms with Crippen molar-refractivity contribution < 1.29 is 22.8 Å². The van der Waals surface area contributed by atoms with E-state index in [2.05, 4.69) is 5.32 Å². The fourth-order valence-electron chi connectivity index (χ4n) is 2.24. The van der Waals surface area contributed by atoms with E-state index in [0.29, 0.717) is 25.2 Å². The van der Waals surface area contributed by atoms with E-state index in [4.69, 9.17) is 0 Å². The molecule has 1 heterocycles. The van der Waals surface area contributed by atoms with Crippen LogP contribution in [-0.4, -0.2) is 35.8 Å². The second kappa shape index (κ2) is 6.15. The molecule has 1 atom stereocenters. The number of halogens is 3. The monoisotopic (exact) mass is 300 g/mol. The summed E-state index contributed by atoms with van der Waals surface area (Å²) in [5.74, 6) is -5.60. The van der Waals surface area contributed by atoms with Gasteiger partial charge < -0.3 is 10.2 Å². The molecule has 0 saturated carbocycles. The Morgan fingerprint density at radius 2 is 1.67 bits per heavy atom. The van der Waals surface area contributed by atoms with Gasteiger partial charge in [0.05, 0.1) is 0 Å². The summed E-state index contributed by atoms with van der Waals surface area (Å²) >= 11 is 0. The average molecular weight is 300 g/mol. The first-order valence-corrected chi connectivity index (χ1v) is 6.64. The van der Waals surface area contributed by atoms with Crippen LogP contribution >= 0.6 is 0 Å². The van der Waals surface area contributed by atoms with Crippen molar-refractivity contribution in [2.24, 2.45) is 0 Å². The summed E-state index contributed by atoms with van der Waals surface area (Å²) < 4.78 is 39.0. The smallest absolute Gasteiger partial charge is 0.252 e. The molecular formula is C14H15F3N2O2. The molecule has 0 aliphatic carbocycles. The molecule has 1 N–H and O–H groups in total. The zero-order valence-corrected chi connectivity index (χ0v) is 11.5. The van der Waals surface area contributed by atoms with Crippen LogP contribution in [0.4, 0.5) is 13.2 Å². The number of benzene rings is 1. The van der Waals surface area contributed by atoms with Gasteiger partial charge in [-0.05, 0) is 31.9 Å². The molecule has 21 heavy (non-hydrogen) atoms. The summed E-state index contributed by atoms with van der Waals surface area (Å²) in [7, 11) is 0. The van der Waals surface area contributed by atoms with Crippen molar-refractivity contribution in [2.45, 2.75) is 25.8 Å². The van der Waals surface area contributed by atoms with Crippen LogP contribution in [0, 0.1) is 17.5 Å². The van der Waals surface area contributed by atoms with Gasteiger partial charge in [-0.3, -0.25) is 9.59 Å². The van der Waals surface area contributed by atoms with Crippen molar-refractivity contribution in [3.63, 3.8) is 0 Å². The Labute approximate surface area is 119 Å². The first-order chi connectivity index (χ1) is 9.90. The van der Waals surface area contributed by atoms with Gasteiger partial charge in [-0.1, -0.05) is 0 Å². The molecule has 0 radical (unpaired) electrons. The first kappa shape index (κ1) is 15.3. The number of nitrogens with zero attached hydrogens (tertiary/aromatic N) is 1. The van der Waals surface area contributed by atoms with Crippen molar-refractivity contribution in [3.05, 3.63) is 35.1 Å². The Hall–Kier alpha value is -2.05. The van der Waals surface area contributed by atoms with Crippen molar-refractivity contribution in [3.8, 4) is 0 Å². The molecule has 1 saturated heterocycles. The van der Waals surface area contributed by atoms with Crippen LogP contribution in [0.1, 0.15) is 30.1 Å². The van der Waals surface area contributed by atoms with Crippen LogP contribution in [0.2, 0.25) is 0 Å². The van der Waals surface area contributed by atoms with E-state index in [1.807, 2.05) is 0 Å². The lowest BCUT2D eigenvalue weighted by atomic mass is 10.1. The van der Waals surface area contributed by atoms with E-state index in [9.17, 15) is 22.8 Å². The fraction of sp³-hybridized carbons (Fsp3) is 0.429. The van der Waals surface area contributed by atoms with E-state index in [0.717, 1.165) is 12.8 Å². The largest absolute Gasteiger partial charge is 0.341 e. The molecule has 1 fully saturated rings. The number of rotatable bonds is 3. The summed E-state index contributed by atoms with van der Waals surface area (Å²) in [4.78, 5) is 25.5. The molecule has 114 valence electrons. The molecular weight excluding hydrogens is 285 g/mol. The molecule has 0 bridgehead atoms. The standard InChI is InChI=1S/C14H15F3N2O2/c1-8(14(21)19-4-2-3-5-19)18-13(20)9-6-10(15)12(17)11(16)7-9/h6-8H,2-5H2,1H3,(H,18,20). The quantitative estimate of drug-likeness (QED) is 0.866. The molecule has 1 unspecified atom stereocenters. The molecule has 2 amide bonds. The SMILES string of the molecule is CC(NC(=O)c1cc(F)c(F)c(F)c1)C(=O)N1CCCC1. The summed E-state index contributed by atoms with van der Waals surface area (Å²) in [6.45, 7) is 2.77. The Morgan fingerprint density at radius 1 is 1.14 bits per heavy atom. The predicted octanol–water partition coefficient (Wildman–Crippen LogP) is 1.84. The minimum Gasteiger partial charge on any atom is -0.341 e. The Bertz CT molecular complexity index is 548. The third-order valence-corrected chi connectivity index (χ3v) is 3.38. The minimum absolute atomic E-state index is 0.246. The molecule has 1 aliphatic rings. The summed E-state index contributed by atoms with van der Waals surface area (Å²) in [5.41, 5.74) is -0.368. The lowest BCUT2D eigenvalue weighted by Gasteiger charge is -2.21. The highest BCUT2D eigenvalue weighted by molar-refractivity contribution is 5.97. The van der Waals surface area contributed by atoms with E-state index in [1.165, 1.54) is 6.92 Å². The molecule has 0 spiro atoms. The van der Waals surface area contributed by atoms with Crippen LogP contribution in [0.3, 0.4) is 0 Å². The van der Waals surface area contributed by atoms with Gasteiger partial charge in [-0.25, -0.2) is 13.2 Å². The maximum absolute atomic E-state index is 13.1. The third-order valence-electron chi connectivity index (χ3n) is 3.38.